The van der Waals surface area contributed by atoms with Crippen LogP contribution in [-0.2, 0) is 13.1 Å². The van der Waals surface area contributed by atoms with Gasteiger partial charge in [-0.3, -0.25) is 4.98 Å². The summed E-state index contributed by atoms with van der Waals surface area (Å²) in [6.07, 6.45) is -2.99. The first-order valence-electron chi connectivity index (χ1n) is 8.07. The van der Waals surface area contributed by atoms with E-state index < -0.39 is 6.36 Å². The number of hydrogen-bond acceptors (Lipinski definition) is 4. The van der Waals surface area contributed by atoms with E-state index >= 15 is 0 Å². The fourth-order valence-electron chi connectivity index (χ4n) is 2.45. The number of rotatable bonds is 6. The van der Waals surface area contributed by atoms with E-state index in [1.807, 2.05) is 13.8 Å². The number of nitrogens with two attached hydrogens (primary N) is 1. The number of aromatic nitrogens is 1. The third-order valence-corrected chi connectivity index (χ3v) is 3.78. The minimum absolute atomic E-state index is 0. The van der Waals surface area contributed by atoms with Gasteiger partial charge in [0.25, 0.3) is 0 Å². The van der Waals surface area contributed by atoms with Crippen LogP contribution in [0.25, 0.3) is 0 Å². The van der Waals surface area contributed by atoms with Gasteiger partial charge in [-0.15, -0.1) is 37.1 Å². The molecule has 1 aromatic heterocycles. The van der Waals surface area contributed by atoms with Gasteiger partial charge in [-0.05, 0) is 31.5 Å². The Morgan fingerprint density at radius 3 is 2.43 bits per heavy atom. The van der Waals surface area contributed by atoms with Crippen molar-refractivity contribution in [3.63, 3.8) is 0 Å². The lowest BCUT2D eigenvalue weighted by molar-refractivity contribution is -0.274. The largest absolute Gasteiger partial charge is 0.573 e. The molecular formula is C18H22F3IN4O2. The third-order valence-electron chi connectivity index (χ3n) is 3.78. The number of halogens is 4. The molecule has 0 amide bonds. The maximum Gasteiger partial charge on any atom is 0.573 e. The van der Waals surface area contributed by atoms with E-state index in [4.69, 9.17) is 10.5 Å². The minimum atomic E-state index is -4.71. The van der Waals surface area contributed by atoms with Gasteiger partial charge in [-0.1, -0.05) is 12.1 Å². The summed E-state index contributed by atoms with van der Waals surface area (Å²) in [6, 6.07) is 5.45. The third kappa shape index (κ3) is 7.06. The molecule has 2 aromatic rings. The highest BCUT2D eigenvalue weighted by Crippen LogP contribution is 2.24. The van der Waals surface area contributed by atoms with Crippen LogP contribution >= 0.6 is 24.0 Å². The Morgan fingerprint density at radius 2 is 1.86 bits per heavy atom. The van der Waals surface area contributed by atoms with E-state index in [0.717, 1.165) is 22.6 Å². The lowest BCUT2D eigenvalue weighted by Crippen LogP contribution is -2.31. The van der Waals surface area contributed by atoms with Crippen LogP contribution in [-0.4, -0.2) is 24.4 Å². The Labute approximate surface area is 178 Å². The number of pyridine rings is 1. The van der Waals surface area contributed by atoms with E-state index in [-0.39, 0.29) is 42.2 Å². The van der Waals surface area contributed by atoms with Crippen molar-refractivity contribution in [2.24, 2.45) is 10.7 Å². The number of benzene rings is 1. The molecule has 0 radical (unpaired) electrons. The average Bonchev–Trinajstić information content (AvgIpc) is 2.59. The Bertz CT molecular complexity index is 812. The van der Waals surface area contributed by atoms with Crippen molar-refractivity contribution >= 4 is 29.9 Å². The van der Waals surface area contributed by atoms with Crippen molar-refractivity contribution in [2.75, 3.05) is 7.11 Å². The van der Waals surface area contributed by atoms with Crippen LogP contribution in [0.15, 0.2) is 35.5 Å². The molecule has 0 atom stereocenters. The van der Waals surface area contributed by atoms with Crippen LogP contribution in [0.4, 0.5) is 13.2 Å². The fourth-order valence-corrected chi connectivity index (χ4v) is 2.45. The molecular weight excluding hydrogens is 488 g/mol. The molecule has 6 nitrogen and oxygen atoms in total. The van der Waals surface area contributed by atoms with Gasteiger partial charge in [0.1, 0.15) is 11.5 Å². The second kappa shape index (κ2) is 10.3. The zero-order valence-corrected chi connectivity index (χ0v) is 18.0. The maximum atomic E-state index is 12.1. The molecule has 0 spiro atoms. The number of nitrogens with one attached hydrogen (secondary N) is 1. The van der Waals surface area contributed by atoms with Gasteiger partial charge in [-0.25, -0.2) is 4.99 Å². The van der Waals surface area contributed by atoms with E-state index in [9.17, 15) is 13.2 Å². The first kappa shape index (κ1) is 23.8. The highest BCUT2D eigenvalue weighted by Gasteiger charge is 2.30. The van der Waals surface area contributed by atoms with Gasteiger partial charge >= 0.3 is 6.36 Å². The summed E-state index contributed by atoms with van der Waals surface area (Å²) in [5, 5.41) is 2.96. The van der Waals surface area contributed by atoms with E-state index in [2.05, 4.69) is 20.0 Å². The van der Waals surface area contributed by atoms with Gasteiger partial charge in [-0.2, -0.15) is 0 Å². The number of nitrogens with zero attached hydrogens (tertiary/aromatic N) is 2. The standard InChI is InChI=1S/C18H21F3N4O2.HI/c1-11-8-23-15(12(2)16(11)26-3)10-25-17(22)24-9-13-4-6-14(7-5-13)27-18(19,20)21;/h4-8H,9-10H2,1-3H3,(H3,22,24,25);1H. The molecule has 1 heterocycles. The lowest BCUT2D eigenvalue weighted by Gasteiger charge is -2.13. The summed E-state index contributed by atoms with van der Waals surface area (Å²) in [7, 11) is 1.60. The van der Waals surface area contributed by atoms with Gasteiger partial charge in [0.2, 0.25) is 0 Å². The molecule has 2 rings (SSSR count). The molecule has 0 fully saturated rings. The zero-order valence-electron chi connectivity index (χ0n) is 15.6. The number of ether oxygens (including phenoxy) is 2. The quantitative estimate of drug-likeness (QED) is 0.351. The molecule has 28 heavy (non-hydrogen) atoms. The minimum Gasteiger partial charge on any atom is -0.496 e. The van der Waals surface area contributed by atoms with E-state index in [1.165, 1.54) is 24.3 Å². The Kier molecular flexibility index (Phi) is 8.79. The molecule has 0 bridgehead atoms. The number of methoxy groups -OCH3 is 1. The van der Waals surface area contributed by atoms with E-state index in [0.29, 0.717) is 12.1 Å². The van der Waals surface area contributed by atoms with E-state index in [1.54, 1.807) is 13.3 Å². The smallest absolute Gasteiger partial charge is 0.496 e. The second-order valence-electron chi connectivity index (χ2n) is 5.79. The van der Waals surface area contributed by atoms with Crippen LogP contribution in [0.1, 0.15) is 22.4 Å². The summed E-state index contributed by atoms with van der Waals surface area (Å²) in [5.74, 6) is 0.695. The molecule has 154 valence electrons. The Hall–Kier alpha value is -2.24. The molecule has 0 aliphatic heterocycles. The molecule has 3 N–H and O–H groups in total. The van der Waals surface area contributed by atoms with Crippen molar-refractivity contribution in [3.8, 4) is 11.5 Å². The normalized spacial score (nSPS) is 11.6. The number of guanidine groups is 1. The van der Waals surface area contributed by atoms with Crippen molar-refractivity contribution in [1.82, 2.24) is 10.3 Å². The second-order valence-corrected chi connectivity index (χ2v) is 5.79. The van der Waals surface area contributed by atoms with Crippen molar-refractivity contribution in [2.45, 2.75) is 33.3 Å². The highest BCUT2D eigenvalue weighted by molar-refractivity contribution is 14.0. The molecule has 0 saturated heterocycles. The Balaban J connectivity index is 0.00000392. The van der Waals surface area contributed by atoms with Crippen LogP contribution in [0.5, 0.6) is 11.5 Å². The first-order valence-corrected chi connectivity index (χ1v) is 8.07. The zero-order chi connectivity index (χ0) is 20.0. The number of aryl methyl sites for hydroxylation is 1. The number of alkyl halides is 3. The summed E-state index contributed by atoms with van der Waals surface area (Å²) >= 11 is 0. The summed E-state index contributed by atoms with van der Waals surface area (Å²) < 4.78 is 45.6. The number of aliphatic imine (C=N–C) groups is 1. The fraction of sp³-hybridized carbons (Fsp3) is 0.333. The highest BCUT2D eigenvalue weighted by atomic mass is 127. The van der Waals surface area contributed by atoms with Gasteiger partial charge < -0.3 is 20.5 Å². The molecule has 0 aliphatic rings. The van der Waals surface area contributed by atoms with Crippen LogP contribution < -0.4 is 20.5 Å². The predicted molar refractivity (Wildman–Crippen MR) is 111 cm³/mol. The summed E-state index contributed by atoms with van der Waals surface area (Å²) in [5.41, 5.74) is 9.17. The Morgan fingerprint density at radius 1 is 1.21 bits per heavy atom. The van der Waals surface area contributed by atoms with Gasteiger partial charge in [0, 0.05) is 17.3 Å². The number of hydrogen-bond donors (Lipinski definition) is 2. The van der Waals surface area contributed by atoms with Crippen LogP contribution in [0.2, 0.25) is 0 Å². The maximum absolute atomic E-state index is 12.1. The van der Waals surface area contributed by atoms with Gasteiger partial charge in [0.05, 0.1) is 25.9 Å². The van der Waals surface area contributed by atoms with Crippen LogP contribution in [0, 0.1) is 13.8 Å². The SMILES string of the molecule is COc1c(C)cnc(CNC(N)=NCc2ccc(OC(F)(F)F)cc2)c1C.I. The molecule has 10 heteroatoms. The molecule has 0 unspecified atom stereocenters. The summed E-state index contributed by atoms with van der Waals surface area (Å²) in [4.78, 5) is 8.52. The molecule has 1 aromatic carbocycles. The molecule has 0 saturated carbocycles. The van der Waals surface area contributed by atoms with Crippen molar-refractivity contribution in [3.05, 3.63) is 52.8 Å². The van der Waals surface area contributed by atoms with Gasteiger partial charge in [0.15, 0.2) is 5.96 Å². The summed E-state index contributed by atoms with van der Waals surface area (Å²) in [6.45, 7) is 4.41. The lowest BCUT2D eigenvalue weighted by atomic mass is 10.1. The average molecular weight is 510 g/mol. The predicted octanol–water partition coefficient (Wildman–Crippen LogP) is 3.83. The first-order chi connectivity index (χ1) is 12.7. The topological polar surface area (TPSA) is 81.8 Å². The van der Waals surface area contributed by atoms with Crippen molar-refractivity contribution in [1.29, 1.82) is 0 Å². The molecule has 0 aliphatic carbocycles. The monoisotopic (exact) mass is 510 g/mol. The van der Waals surface area contributed by atoms with Crippen molar-refractivity contribution < 1.29 is 22.6 Å². The van der Waals surface area contributed by atoms with Crippen LogP contribution in [0.3, 0.4) is 0 Å².